The van der Waals surface area contributed by atoms with E-state index in [1.807, 2.05) is 0 Å². The Hall–Kier alpha value is -2.20. The topological polar surface area (TPSA) is 112 Å². The van der Waals surface area contributed by atoms with E-state index in [1.54, 1.807) is 0 Å². The quantitative estimate of drug-likeness (QED) is 0.663. The maximum atomic E-state index is 12.2. The number of rotatable bonds is 7. The van der Waals surface area contributed by atoms with Gasteiger partial charge in [-0.3, -0.25) is 9.59 Å². The van der Waals surface area contributed by atoms with Gasteiger partial charge in [0.2, 0.25) is 20.0 Å². The van der Waals surface area contributed by atoms with Crippen molar-refractivity contribution in [2.75, 3.05) is 12.5 Å². The van der Waals surface area contributed by atoms with Crippen LogP contribution in [0.1, 0.15) is 33.8 Å². The molecule has 2 aromatic heterocycles. The van der Waals surface area contributed by atoms with Crippen molar-refractivity contribution >= 4 is 31.6 Å². The fourth-order valence-corrected chi connectivity index (χ4v) is 3.85. The second-order valence-corrected chi connectivity index (χ2v) is 8.97. The van der Waals surface area contributed by atoms with Gasteiger partial charge in [-0.1, -0.05) is 0 Å². The van der Waals surface area contributed by atoms with Crippen molar-refractivity contribution in [1.82, 2.24) is 7.94 Å². The zero-order chi connectivity index (χ0) is 18.1. The summed E-state index contributed by atoms with van der Waals surface area (Å²) in [5.41, 5.74) is -0.0763. The van der Waals surface area contributed by atoms with E-state index in [9.17, 15) is 26.4 Å². The molecule has 0 bridgehead atoms. The lowest BCUT2D eigenvalue weighted by molar-refractivity contribution is 0.0911. The van der Waals surface area contributed by atoms with Gasteiger partial charge >= 0.3 is 0 Å². The fourth-order valence-electron chi connectivity index (χ4n) is 2.23. The molecule has 0 aromatic carbocycles. The highest BCUT2D eigenvalue weighted by Gasteiger charge is 2.20. The molecule has 0 fully saturated rings. The minimum Gasteiger partial charge on any atom is -0.292 e. The Labute approximate surface area is 139 Å². The Morgan fingerprint density at radius 3 is 1.42 bits per heavy atom. The Morgan fingerprint density at radius 1 is 0.792 bits per heavy atom. The van der Waals surface area contributed by atoms with Crippen LogP contribution in [0.3, 0.4) is 0 Å². The van der Waals surface area contributed by atoms with Crippen LogP contribution in [0.25, 0.3) is 0 Å². The van der Waals surface area contributed by atoms with Crippen molar-refractivity contribution in [2.24, 2.45) is 0 Å². The second kappa shape index (κ2) is 6.36. The highest BCUT2D eigenvalue weighted by Crippen LogP contribution is 2.14. The lowest BCUT2D eigenvalue weighted by atomic mass is 10.1. The molecule has 8 nitrogen and oxygen atoms in total. The molecule has 130 valence electrons. The smallest absolute Gasteiger partial charge is 0.236 e. The minimum atomic E-state index is -3.62. The molecule has 0 aliphatic rings. The van der Waals surface area contributed by atoms with Crippen LogP contribution in [-0.4, -0.2) is 48.9 Å². The van der Waals surface area contributed by atoms with Crippen LogP contribution in [-0.2, 0) is 20.0 Å². The van der Waals surface area contributed by atoms with E-state index in [4.69, 9.17) is 0 Å². The number of hydrogen-bond donors (Lipinski definition) is 0. The van der Waals surface area contributed by atoms with Gasteiger partial charge in [-0.25, -0.2) is 24.8 Å². The van der Waals surface area contributed by atoms with Crippen LogP contribution in [0.5, 0.6) is 0 Å². The van der Waals surface area contributed by atoms with Crippen molar-refractivity contribution in [2.45, 2.75) is 12.8 Å². The average Bonchev–Trinajstić information content (AvgIpc) is 3.10. The lowest BCUT2D eigenvalue weighted by Crippen LogP contribution is -2.18. The Kier molecular flexibility index (Phi) is 4.81. The normalized spacial score (nSPS) is 12.2. The molecular formula is C14H16N2O6S2. The average molecular weight is 372 g/mol. The molecule has 0 amide bonds. The van der Waals surface area contributed by atoms with E-state index in [2.05, 4.69) is 0 Å². The van der Waals surface area contributed by atoms with E-state index in [0.29, 0.717) is 0 Å². The third kappa shape index (κ3) is 3.82. The molecule has 2 rings (SSSR count). The number of aromatic nitrogens is 2. The molecule has 0 unspecified atom stereocenters. The van der Waals surface area contributed by atoms with Gasteiger partial charge in [-0.05, 0) is 24.3 Å². The second-order valence-electron chi connectivity index (χ2n) is 5.25. The molecule has 24 heavy (non-hydrogen) atoms. The van der Waals surface area contributed by atoms with Crippen molar-refractivity contribution < 1.29 is 26.4 Å². The maximum Gasteiger partial charge on any atom is 0.236 e. The molecule has 2 aromatic rings. The first-order valence-corrected chi connectivity index (χ1v) is 10.5. The van der Waals surface area contributed by atoms with Crippen LogP contribution >= 0.6 is 0 Å². The first kappa shape index (κ1) is 18.1. The van der Waals surface area contributed by atoms with Gasteiger partial charge in [0.25, 0.3) is 0 Å². The standard InChI is InChI=1S/C14H16N2O6S2/c1-23(19,20)15-9-3-5-11(15)13(17)7-8-14(18)12-6-4-10-16(12)24(2,21)22/h3-6,9-10H,7-8H2,1-2H3. The van der Waals surface area contributed by atoms with E-state index in [-0.39, 0.29) is 24.2 Å². The van der Waals surface area contributed by atoms with E-state index < -0.39 is 31.6 Å². The van der Waals surface area contributed by atoms with Gasteiger partial charge in [0, 0.05) is 25.2 Å². The number of Topliss-reactive ketones (excluding diaryl/α,β-unsaturated/α-hetero) is 2. The first-order chi connectivity index (χ1) is 11.0. The molecule has 0 saturated heterocycles. The largest absolute Gasteiger partial charge is 0.292 e. The van der Waals surface area contributed by atoms with Crippen LogP contribution in [0.15, 0.2) is 36.7 Å². The third-order valence-electron chi connectivity index (χ3n) is 3.29. The first-order valence-electron chi connectivity index (χ1n) is 6.84. The van der Waals surface area contributed by atoms with Gasteiger partial charge < -0.3 is 0 Å². The lowest BCUT2D eigenvalue weighted by Gasteiger charge is -2.07. The third-order valence-corrected chi connectivity index (χ3v) is 5.36. The van der Waals surface area contributed by atoms with Crippen molar-refractivity contribution in [3.05, 3.63) is 48.0 Å². The van der Waals surface area contributed by atoms with Crippen LogP contribution in [0, 0.1) is 0 Å². The summed E-state index contributed by atoms with van der Waals surface area (Å²) in [6, 6.07) is 5.55. The number of nitrogens with zero attached hydrogens (tertiary/aromatic N) is 2. The summed E-state index contributed by atoms with van der Waals surface area (Å²) in [7, 11) is -7.23. The van der Waals surface area contributed by atoms with Crippen LogP contribution in [0.4, 0.5) is 0 Å². The van der Waals surface area contributed by atoms with E-state index in [0.717, 1.165) is 20.5 Å². The van der Waals surface area contributed by atoms with E-state index in [1.165, 1.54) is 36.7 Å². The van der Waals surface area contributed by atoms with Crippen molar-refractivity contribution in [1.29, 1.82) is 0 Å². The van der Waals surface area contributed by atoms with Gasteiger partial charge in [0.05, 0.1) is 23.9 Å². The van der Waals surface area contributed by atoms with Gasteiger partial charge in [0.1, 0.15) is 0 Å². The Balaban J connectivity index is 2.15. The maximum absolute atomic E-state index is 12.2. The Bertz CT molecular complexity index is 913. The summed E-state index contributed by atoms with van der Waals surface area (Å²) in [6.07, 6.45) is 3.97. The fraction of sp³-hybridized carbons (Fsp3) is 0.286. The van der Waals surface area contributed by atoms with Gasteiger partial charge in [-0.2, -0.15) is 0 Å². The van der Waals surface area contributed by atoms with Gasteiger partial charge in [0.15, 0.2) is 11.6 Å². The van der Waals surface area contributed by atoms with Crippen molar-refractivity contribution in [3.63, 3.8) is 0 Å². The predicted octanol–water partition coefficient (Wildman–Crippen LogP) is 0.751. The monoisotopic (exact) mass is 372 g/mol. The molecule has 0 aliphatic heterocycles. The Morgan fingerprint density at radius 2 is 1.12 bits per heavy atom. The molecule has 0 aliphatic carbocycles. The molecule has 0 atom stereocenters. The number of ketones is 2. The molecule has 0 saturated carbocycles. The highest BCUT2D eigenvalue weighted by atomic mass is 32.2. The van der Waals surface area contributed by atoms with Crippen molar-refractivity contribution in [3.8, 4) is 0 Å². The zero-order valence-electron chi connectivity index (χ0n) is 13.0. The summed E-state index contributed by atoms with van der Waals surface area (Å²) in [5, 5.41) is 0. The van der Waals surface area contributed by atoms with Gasteiger partial charge in [-0.15, -0.1) is 0 Å². The molecule has 0 N–H and O–H groups in total. The predicted molar refractivity (Wildman–Crippen MR) is 87.2 cm³/mol. The zero-order valence-corrected chi connectivity index (χ0v) is 14.7. The highest BCUT2D eigenvalue weighted by molar-refractivity contribution is 7.89. The summed E-state index contributed by atoms with van der Waals surface area (Å²) in [5.74, 6) is -1.03. The SMILES string of the molecule is CS(=O)(=O)n1cccc1C(=O)CCC(=O)c1cccn1S(C)(=O)=O. The minimum absolute atomic E-state index is 0.0382. The molecule has 0 spiro atoms. The number of hydrogen-bond acceptors (Lipinski definition) is 6. The van der Waals surface area contributed by atoms with E-state index >= 15 is 0 Å². The molecule has 10 heteroatoms. The summed E-state index contributed by atoms with van der Waals surface area (Å²) >= 11 is 0. The van der Waals surface area contributed by atoms with Crippen LogP contribution < -0.4 is 0 Å². The molecule has 0 radical (unpaired) electrons. The number of carbonyl (C=O) groups excluding carboxylic acids is 2. The number of carbonyl (C=O) groups is 2. The molecule has 2 heterocycles. The summed E-state index contributed by atoms with van der Waals surface area (Å²) < 4.78 is 48.0. The summed E-state index contributed by atoms with van der Waals surface area (Å²) in [6.45, 7) is 0. The molecular weight excluding hydrogens is 356 g/mol. The summed E-state index contributed by atoms with van der Waals surface area (Å²) in [4.78, 5) is 24.3. The van der Waals surface area contributed by atoms with Crippen LogP contribution in [0.2, 0.25) is 0 Å².